The molecular weight excluding hydrogens is 238 g/mol. The van der Waals surface area contributed by atoms with Crippen LogP contribution in [-0.4, -0.2) is 24.7 Å². The van der Waals surface area contributed by atoms with Crippen molar-refractivity contribution in [2.24, 2.45) is 0 Å². The minimum absolute atomic E-state index is 0.274. The lowest BCUT2D eigenvalue weighted by molar-refractivity contribution is 0.0943. The highest BCUT2D eigenvalue weighted by Crippen LogP contribution is 2.12. The fourth-order valence-corrected chi connectivity index (χ4v) is 1.19. The van der Waals surface area contributed by atoms with Gasteiger partial charge in [0.1, 0.15) is 5.75 Å². The third kappa shape index (κ3) is 4.28. The summed E-state index contributed by atoms with van der Waals surface area (Å²) in [5, 5.41) is 3.03. The molecular formula is C11H15N3O2S. The molecule has 0 aromatic heterocycles. The number of rotatable bonds is 3. The molecule has 3 N–H and O–H groups in total. The molecule has 5 nitrogen and oxygen atoms in total. The molecule has 6 heteroatoms. The number of amides is 1. The van der Waals surface area contributed by atoms with E-state index in [0.29, 0.717) is 23.0 Å². The van der Waals surface area contributed by atoms with Crippen LogP contribution in [0, 0.1) is 0 Å². The standard InChI is InChI=1S/C11H15N3O2S/c1-3-16-9-6-4-5-8(7-9)10(15)13-14-11(17)12-2/h4-7H,3H2,1-2H3,(H,13,15)(H2,12,14,17). The van der Waals surface area contributed by atoms with Gasteiger partial charge in [-0.25, -0.2) is 0 Å². The van der Waals surface area contributed by atoms with Gasteiger partial charge in [0.05, 0.1) is 6.61 Å². The summed E-state index contributed by atoms with van der Waals surface area (Å²) in [6.07, 6.45) is 0. The van der Waals surface area contributed by atoms with Gasteiger partial charge in [0.2, 0.25) is 0 Å². The summed E-state index contributed by atoms with van der Waals surface area (Å²) < 4.78 is 5.30. The van der Waals surface area contributed by atoms with E-state index in [1.807, 2.05) is 6.92 Å². The van der Waals surface area contributed by atoms with Gasteiger partial charge in [-0.15, -0.1) is 0 Å². The van der Waals surface area contributed by atoms with E-state index in [4.69, 9.17) is 17.0 Å². The Labute approximate surface area is 106 Å². The van der Waals surface area contributed by atoms with E-state index in [0.717, 1.165) is 0 Å². The van der Waals surface area contributed by atoms with Crippen LogP contribution in [0.1, 0.15) is 17.3 Å². The van der Waals surface area contributed by atoms with Crippen molar-refractivity contribution in [1.82, 2.24) is 16.2 Å². The van der Waals surface area contributed by atoms with Gasteiger partial charge in [-0.2, -0.15) is 0 Å². The van der Waals surface area contributed by atoms with Crippen LogP contribution < -0.4 is 20.9 Å². The number of nitrogens with one attached hydrogen (secondary N) is 3. The lowest BCUT2D eigenvalue weighted by Gasteiger charge is -2.09. The lowest BCUT2D eigenvalue weighted by Crippen LogP contribution is -2.45. The van der Waals surface area contributed by atoms with Crippen molar-refractivity contribution in [3.63, 3.8) is 0 Å². The van der Waals surface area contributed by atoms with Gasteiger partial charge in [0.25, 0.3) is 5.91 Å². The topological polar surface area (TPSA) is 62.4 Å². The Morgan fingerprint density at radius 2 is 2.18 bits per heavy atom. The van der Waals surface area contributed by atoms with Crippen LogP contribution in [-0.2, 0) is 0 Å². The quantitative estimate of drug-likeness (QED) is 0.550. The van der Waals surface area contributed by atoms with Gasteiger partial charge in [-0.3, -0.25) is 15.6 Å². The summed E-state index contributed by atoms with van der Waals surface area (Å²) in [4.78, 5) is 11.7. The summed E-state index contributed by atoms with van der Waals surface area (Å²) in [6, 6.07) is 6.92. The highest BCUT2D eigenvalue weighted by atomic mass is 32.1. The number of thiocarbonyl (C=S) groups is 1. The molecule has 1 amide bonds. The first-order valence-electron chi connectivity index (χ1n) is 5.18. The molecule has 0 aliphatic carbocycles. The fourth-order valence-electron chi connectivity index (χ4n) is 1.14. The number of hydrazine groups is 1. The van der Waals surface area contributed by atoms with Crippen molar-refractivity contribution >= 4 is 23.2 Å². The number of carbonyl (C=O) groups excluding carboxylic acids is 1. The zero-order valence-corrected chi connectivity index (χ0v) is 10.6. The van der Waals surface area contributed by atoms with Crippen LogP contribution in [0.4, 0.5) is 0 Å². The Morgan fingerprint density at radius 1 is 1.41 bits per heavy atom. The number of benzene rings is 1. The predicted molar refractivity (Wildman–Crippen MR) is 69.9 cm³/mol. The first kappa shape index (κ1) is 13.2. The SMILES string of the molecule is CCOc1cccc(C(=O)NNC(=S)NC)c1. The van der Waals surface area contributed by atoms with E-state index >= 15 is 0 Å². The molecule has 1 rings (SSSR count). The third-order valence-corrected chi connectivity index (χ3v) is 2.23. The smallest absolute Gasteiger partial charge is 0.269 e. The van der Waals surface area contributed by atoms with Gasteiger partial charge in [0.15, 0.2) is 5.11 Å². The highest BCUT2D eigenvalue weighted by Gasteiger charge is 2.06. The van der Waals surface area contributed by atoms with Crippen LogP contribution >= 0.6 is 12.2 Å². The molecule has 0 spiro atoms. The minimum atomic E-state index is -0.274. The van der Waals surface area contributed by atoms with Crippen molar-refractivity contribution in [1.29, 1.82) is 0 Å². The molecule has 0 saturated heterocycles. The molecule has 17 heavy (non-hydrogen) atoms. The molecule has 0 atom stereocenters. The Morgan fingerprint density at radius 3 is 2.82 bits per heavy atom. The summed E-state index contributed by atoms with van der Waals surface area (Å²) >= 11 is 4.83. The maximum atomic E-state index is 11.7. The zero-order valence-electron chi connectivity index (χ0n) is 9.74. The van der Waals surface area contributed by atoms with Gasteiger partial charge >= 0.3 is 0 Å². The second kappa shape index (κ2) is 6.70. The molecule has 0 unspecified atom stereocenters. The molecule has 0 bridgehead atoms. The zero-order chi connectivity index (χ0) is 12.7. The van der Waals surface area contributed by atoms with E-state index in [2.05, 4.69) is 16.2 Å². The second-order valence-corrected chi connectivity index (χ2v) is 3.53. The van der Waals surface area contributed by atoms with Crippen molar-refractivity contribution in [2.75, 3.05) is 13.7 Å². The first-order valence-corrected chi connectivity index (χ1v) is 5.59. The fraction of sp³-hybridized carbons (Fsp3) is 0.273. The third-order valence-electron chi connectivity index (χ3n) is 1.92. The summed E-state index contributed by atoms with van der Waals surface area (Å²) in [7, 11) is 1.66. The van der Waals surface area contributed by atoms with Crippen molar-refractivity contribution in [2.45, 2.75) is 6.92 Å². The molecule has 0 aliphatic heterocycles. The maximum Gasteiger partial charge on any atom is 0.269 e. The predicted octanol–water partition coefficient (Wildman–Crippen LogP) is 0.824. The first-order chi connectivity index (χ1) is 8.17. The second-order valence-electron chi connectivity index (χ2n) is 3.12. The molecule has 0 saturated carbocycles. The van der Waals surface area contributed by atoms with Gasteiger partial charge in [0, 0.05) is 12.6 Å². The number of carbonyl (C=O) groups is 1. The summed E-state index contributed by atoms with van der Waals surface area (Å²) in [5.74, 6) is 0.389. The molecule has 1 aromatic rings. The van der Waals surface area contributed by atoms with E-state index in [1.54, 1.807) is 31.3 Å². The average molecular weight is 253 g/mol. The Bertz CT molecular complexity index is 409. The summed E-state index contributed by atoms with van der Waals surface area (Å²) in [6.45, 7) is 2.45. The van der Waals surface area contributed by atoms with Crippen molar-refractivity contribution in [3.05, 3.63) is 29.8 Å². The van der Waals surface area contributed by atoms with Gasteiger partial charge in [-0.05, 0) is 37.3 Å². The van der Waals surface area contributed by atoms with Crippen molar-refractivity contribution in [3.8, 4) is 5.75 Å². The molecule has 1 aromatic carbocycles. The van der Waals surface area contributed by atoms with E-state index < -0.39 is 0 Å². The van der Waals surface area contributed by atoms with Crippen LogP contribution in [0.5, 0.6) is 5.75 Å². The highest BCUT2D eigenvalue weighted by molar-refractivity contribution is 7.80. The molecule has 0 radical (unpaired) electrons. The maximum absolute atomic E-state index is 11.7. The molecule has 92 valence electrons. The number of hydrogen-bond acceptors (Lipinski definition) is 3. The number of hydrogen-bond donors (Lipinski definition) is 3. The van der Waals surface area contributed by atoms with Crippen LogP contribution in [0.25, 0.3) is 0 Å². The molecule has 0 aliphatic rings. The molecule has 0 fully saturated rings. The normalized spacial score (nSPS) is 9.29. The lowest BCUT2D eigenvalue weighted by atomic mass is 10.2. The minimum Gasteiger partial charge on any atom is -0.494 e. The Kier molecular flexibility index (Phi) is 5.22. The Balaban J connectivity index is 2.62. The van der Waals surface area contributed by atoms with Crippen LogP contribution in [0.3, 0.4) is 0 Å². The van der Waals surface area contributed by atoms with E-state index in [-0.39, 0.29) is 5.91 Å². The summed E-state index contributed by atoms with van der Waals surface area (Å²) in [5.41, 5.74) is 5.53. The Hall–Kier alpha value is -1.82. The monoisotopic (exact) mass is 253 g/mol. The van der Waals surface area contributed by atoms with E-state index in [9.17, 15) is 4.79 Å². The van der Waals surface area contributed by atoms with E-state index in [1.165, 1.54) is 0 Å². The molecule has 0 heterocycles. The average Bonchev–Trinajstić information content (AvgIpc) is 2.36. The van der Waals surface area contributed by atoms with Crippen LogP contribution in [0.2, 0.25) is 0 Å². The number of ether oxygens (including phenoxy) is 1. The largest absolute Gasteiger partial charge is 0.494 e. The van der Waals surface area contributed by atoms with Gasteiger partial charge < -0.3 is 10.1 Å². The van der Waals surface area contributed by atoms with Crippen molar-refractivity contribution < 1.29 is 9.53 Å². The van der Waals surface area contributed by atoms with Gasteiger partial charge in [-0.1, -0.05) is 6.07 Å². The van der Waals surface area contributed by atoms with Crippen LogP contribution in [0.15, 0.2) is 24.3 Å².